The number of nitro groups is 1. The average Bonchev–Trinajstić information content (AvgIpc) is 3.11. The Morgan fingerprint density at radius 3 is 2.47 bits per heavy atom. The Morgan fingerprint density at radius 2 is 1.76 bits per heavy atom. The van der Waals surface area contributed by atoms with Gasteiger partial charge in [-0.3, -0.25) is 29.4 Å². The van der Waals surface area contributed by atoms with Crippen LogP contribution >= 0.6 is 11.8 Å². The van der Waals surface area contributed by atoms with Gasteiger partial charge < -0.3 is 9.64 Å². The van der Waals surface area contributed by atoms with Gasteiger partial charge in [0, 0.05) is 30.8 Å². The number of hydrogen-bond donors (Lipinski definition) is 0. The van der Waals surface area contributed by atoms with Crippen LogP contribution in [0.2, 0.25) is 0 Å². The predicted octanol–water partition coefficient (Wildman–Crippen LogP) is 4.22. The van der Waals surface area contributed by atoms with Gasteiger partial charge in [0.05, 0.1) is 9.83 Å². The fourth-order valence-corrected chi connectivity index (χ4v) is 4.59. The van der Waals surface area contributed by atoms with Crippen molar-refractivity contribution in [2.45, 2.75) is 25.9 Å². The number of para-hydroxylation sites is 1. The minimum absolute atomic E-state index is 0.00126. The standard InChI is InChI=1S/C24H23N3O6S/c28-22(25-12-4-1-5-13-25)15-26-23(29)21(34-24(26)30)14-18-6-2-3-7-20(18)33-16-17-8-10-19(11-9-17)27(31)32/h2-3,6-11,14H,1,4-5,12-13,15-16H2/b21-14-. The van der Waals surface area contributed by atoms with E-state index in [-0.39, 0.29) is 29.7 Å². The van der Waals surface area contributed by atoms with Crippen LogP contribution in [0.5, 0.6) is 5.75 Å². The van der Waals surface area contributed by atoms with Crippen molar-refractivity contribution >= 4 is 40.6 Å². The molecule has 176 valence electrons. The van der Waals surface area contributed by atoms with Crippen LogP contribution in [-0.4, -0.2) is 51.4 Å². The minimum atomic E-state index is -0.495. The molecule has 34 heavy (non-hydrogen) atoms. The minimum Gasteiger partial charge on any atom is -0.488 e. The zero-order valence-corrected chi connectivity index (χ0v) is 19.2. The number of nitro benzene ring substituents is 1. The maximum Gasteiger partial charge on any atom is 0.294 e. The number of rotatable bonds is 7. The summed E-state index contributed by atoms with van der Waals surface area (Å²) in [5.74, 6) is -0.211. The average molecular weight is 482 g/mol. The Balaban J connectivity index is 1.44. The maximum absolute atomic E-state index is 12.9. The summed E-state index contributed by atoms with van der Waals surface area (Å²) in [5, 5.41) is 10.3. The highest BCUT2D eigenvalue weighted by molar-refractivity contribution is 8.18. The molecule has 2 aliphatic rings. The van der Waals surface area contributed by atoms with Crippen LogP contribution in [0.25, 0.3) is 6.08 Å². The summed E-state index contributed by atoms with van der Waals surface area (Å²) in [5.41, 5.74) is 1.35. The summed E-state index contributed by atoms with van der Waals surface area (Å²) >= 11 is 0.801. The van der Waals surface area contributed by atoms with E-state index in [4.69, 9.17) is 4.74 Å². The SMILES string of the molecule is O=C(CN1C(=O)S/C(=C\c2ccccc2OCc2ccc([N+](=O)[O-])cc2)C1=O)N1CCCCC1. The van der Waals surface area contributed by atoms with Gasteiger partial charge in [-0.25, -0.2) is 0 Å². The van der Waals surface area contributed by atoms with Gasteiger partial charge in [0.1, 0.15) is 18.9 Å². The molecule has 0 saturated carbocycles. The number of benzene rings is 2. The molecule has 0 spiro atoms. The molecule has 0 aromatic heterocycles. The van der Waals surface area contributed by atoms with Crippen LogP contribution in [0.15, 0.2) is 53.4 Å². The number of likely N-dealkylation sites (tertiary alicyclic amines) is 1. The molecule has 2 aromatic carbocycles. The largest absolute Gasteiger partial charge is 0.488 e. The smallest absolute Gasteiger partial charge is 0.294 e. The second-order valence-corrected chi connectivity index (χ2v) is 8.95. The predicted molar refractivity (Wildman–Crippen MR) is 127 cm³/mol. The summed E-state index contributed by atoms with van der Waals surface area (Å²) in [7, 11) is 0. The van der Waals surface area contributed by atoms with Gasteiger partial charge in [0.15, 0.2) is 0 Å². The van der Waals surface area contributed by atoms with Crippen molar-refractivity contribution in [3.63, 3.8) is 0 Å². The lowest BCUT2D eigenvalue weighted by molar-refractivity contribution is -0.384. The van der Waals surface area contributed by atoms with Crippen LogP contribution in [0.4, 0.5) is 10.5 Å². The molecule has 3 amide bonds. The highest BCUT2D eigenvalue weighted by atomic mass is 32.2. The first-order valence-electron chi connectivity index (χ1n) is 10.9. The van der Waals surface area contributed by atoms with E-state index in [1.54, 1.807) is 47.4 Å². The third-order valence-electron chi connectivity index (χ3n) is 5.62. The van der Waals surface area contributed by atoms with Crippen LogP contribution in [-0.2, 0) is 16.2 Å². The van der Waals surface area contributed by atoms with Crippen molar-refractivity contribution in [3.8, 4) is 5.75 Å². The van der Waals surface area contributed by atoms with E-state index in [0.717, 1.165) is 41.5 Å². The number of non-ortho nitro benzene ring substituents is 1. The Labute approximate surface area is 200 Å². The van der Waals surface area contributed by atoms with Gasteiger partial charge in [-0.2, -0.15) is 0 Å². The molecule has 2 fully saturated rings. The number of piperidine rings is 1. The second-order valence-electron chi connectivity index (χ2n) is 7.96. The molecule has 0 atom stereocenters. The summed E-state index contributed by atoms with van der Waals surface area (Å²) in [6.45, 7) is 1.24. The van der Waals surface area contributed by atoms with E-state index < -0.39 is 16.1 Å². The molecule has 0 radical (unpaired) electrons. The number of amides is 3. The molecular weight excluding hydrogens is 458 g/mol. The molecule has 2 aromatic rings. The molecule has 9 nitrogen and oxygen atoms in total. The first kappa shape index (κ1) is 23.5. The van der Waals surface area contributed by atoms with E-state index in [2.05, 4.69) is 0 Å². The number of imide groups is 1. The molecule has 2 heterocycles. The quantitative estimate of drug-likeness (QED) is 0.331. The highest BCUT2D eigenvalue weighted by Gasteiger charge is 2.37. The van der Waals surface area contributed by atoms with Crippen molar-refractivity contribution in [2.24, 2.45) is 0 Å². The van der Waals surface area contributed by atoms with Crippen molar-refractivity contribution in [1.82, 2.24) is 9.80 Å². The van der Waals surface area contributed by atoms with E-state index in [1.165, 1.54) is 12.1 Å². The van der Waals surface area contributed by atoms with Crippen molar-refractivity contribution < 1.29 is 24.0 Å². The lowest BCUT2D eigenvalue weighted by atomic mass is 10.1. The lowest BCUT2D eigenvalue weighted by Gasteiger charge is -2.27. The number of carbonyl (C=O) groups excluding carboxylic acids is 3. The summed E-state index contributed by atoms with van der Waals surface area (Å²) < 4.78 is 5.87. The first-order valence-corrected chi connectivity index (χ1v) is 11.7. The first-order chi connectivity index (χ1) is 16.4. The monoisotopic (exact) mass is 481 g/mol. The molecule has 2 saturated heterocycles. The van der Waals surface area contributed by atoms with Crippen molar-refractivity contribution in [2.75, 3.05) is 19.6 Å². The Bertz CT molecular complexity index is 1140. The molecule has 0 N–H and O–H groups in total. The third-order valence-corrected chi connectivity index (χ3v) is 6.53. The van der Waals surface area contributed by atoms with Gasteiger partial charge in [-0.05, 0) is 60.9 Å². The number of ether oxygens (including phenoxy) is 1. The molecule has 4 rings (SSSR count). The molecular formula is C24H23N3O6S. The number of carbonyl (C=O) groups is 3. The van der Waals surface area contributed by atoms with Gasteiger partial charge in [0.25, 0.3) is 16.8 Å². The number of hydrogen-bond acceptors (Lipinski definition) is 7. The molecule has 0 aliphatic carbocycles. The Hall–Kier alpha value is -3.66. The van der Waals surface area contributed by atoms with Gasteiger partial charge in [-0.15, -0.1) is 0 Å². The van der Waals surface area contributed by atoms with Crippen LogP contribution in [0.3, 0.4) is 0 Å². The topological polar surface area (TPSA) is 110 Å². The second kappa shape index (κ2) is 10.5. The van der Waals surface area contributed by atoms with E-state index in [0.29, 0.717) is 24.4 Å². The fourth-order valence-electron chi connectivity index (χ4n) is 3.76. The molecule has 2 aliphatic heterocycles. The summed E-state index contributed by atoms with van der Waals surface area (Å²) in [4.78, 5) is 51.1. The van der Waals surface area contributed by atoms with Gasteiger partial charge >= 0.3 is 0 Å². The highest BCUT2D eigenvalue weighted by Crippen LogP contribution is 2.34. The van der Waals surface area contributed by atoms with Crippen molar-refractivity contribution in [3.05, 3.63) is 74.7 Å². The Kier molecular flexibility index (Phi) is 7.27. The normalized spacial score (nSPS) is 17.4. The number of nitrogens with zero attached hydrogens (tertiary/aromatic N) is 3. The van der Waals surface area contributed by atoms with Gasteiger partial charge in [0.2, 0.25) is 5.91 Å². The zero-order chi connectivity index (χ0) is 24.1. The lowest BCUT2D eigenvalue weighted by Crippen LogP contribution is -2.44. The Morgan fingerprint density at radius 1 is 1.06 bits per heavy atom. The maximum atomic E-state index is 12.9. The van der Waals surface area contributed by atoms with Crippen LogP contribution < -0.4 is 4.74 Å². The van der Waals surface area contributed by atoms with Crippen LogP contribution in [0.1, 0.15) is 30.4 Å². The zero-order valence-electron chi connectivity index (χ0n) is 18.3. The third kappa shape index (κ3) is 5.45. The van der Waals surface area contributed by atoms with Crippen LogP contribution in [0, 0.1) is 10.1 Å². The van der Waals surface area contributed by atoms with Gasteiger partial charge in [-0.1, -0.05) is 18.2 Å². The molecule has 10 heteroatoms. The summed E-state index contributed by atoms with van der Waals surface area (Å²) in [6.07, 6.45) is 4.54. The summed E-state index contributed by atoms with van der Waals surface area (Å²) in [6, 6.07) is 13.1. The van der Waals surface area contributed by atoms with E-state index in [1.807, 2.05) is 0 Å². The fraction of sp³-hybridized carbons (Fsp3) is 0.292. The van der Waals surface area contributed by atoms with E-state index >= 15 is 0 Å². The molecule has 0 bridgehead atoms. The number of thioether (sulfide) groups is 1. The molecule has 0 unspecified atom stereocenters. The van der Waals surface area contributed by atoms with E-state index in [9.17, 15) is 24.5 Å². The van der Waals surface area contributed by atoms with Crippen molar-refractivity contribution in [1.29, 1.82) is 0 Å².